The van der Waals surface area contributed by atoms with E-state index >= 15 is 0 Å². The molecule has 1 aromatic carbocycles. The van der Waals surface area contributed by atoms with Gasteiger partial charge in [-0.3, -0.25) is 4.68 Å². The molecule has 24 heavy (non-hydrogen) atoms. The van der Waals surface area contributed by atoms with Crippen molar-refractivity contribution in [3.8, 4) is 0 Å². The van der Waals surface area contributed by atoms with Gasteiger partial charge in [-0.15, -0.1) is 0 Å². The number of rotatable bonds is 3. The maximum absolute atomic E-state index is 12.5. The number of nitrogens with one attached hydrogen (secondary N) is 1. The highest BCUT2D eigenvalue weighted by Crippen LogP contribution is 2.29. The fourth-order valence-corrected chi connectivity index (χ4v) is 3.06. The SMILES string of the molecule is Cn1cc([C@@]2(C)CN(C(=O)NCc3cccc(Cl)c3)CCO2)cn1. The van der Waals surface area contributed by atoms with Crippen LogP contribution in [0.2, 0.25) is 5.02 Å². The molecule has 0 spiro atoms. The first-order valence-electron chi connectivity index (χ1n) is 7.86. The highest BCUT2D eigenvalue weighted by molar-refractivity contribution is 6.30. The standard InChI is InChI=1S/C17H21ClN4O2/c1-17(14-10-20-21(2)11-14)12-22(6-7-24-17)16(23)19-9-13-4-3-5-15(18)8-13/h3-5,8,10-11H,6-7,9,12H2,1-2H3,(H,19,23)/t17-/m1/s1. The van der Waals surface area contributed by atoms with Crippen LogP contribution >= 0.6 is 11.6 Å². The van der Waals surface area contributed by atoms with E-state index in [-0.39, 0.29) is 6.03 Å². The summed E-state index contributed by atoms with van der Waals surface area (Å²) in [6.45, 7) is 3.98. The molecule has 3 rings (SSSR count). The van der Waals surface area contributed by atoms with Crippen LogP contribution in [0.1, 0.15) is 18.1 Å². The second kappa shape index (κ2) is 6.83. The molecule has 2 amide bonds. The van der Waals surface area contributed by atoms with Crippen molar-refractivity contribution in [3.63, 3.8) is 0 Å². The van der Waals surface area contributed by atoms with E-state index in [1.54, 1.807) is 15.8 Å². The number of carbonyl (C=O) groups excluding carboxylic acids is 1. The molecule has 0 aliphatic carbocycles. The minimum atomic E-state index is -0.542. The number of halogens is 1. The first-order chi connectivity index (χ1) is 11.5. The summed E-state index contributed by atoms with van der Waals surface area (Å²) in [4.78, 5) is 14.3. The minimum absolute atomic E-state index is 0.103. The van der Waals surface area contributed by atoms with Gasteiger partial charge in [0.25, 0.3) is 0 Å². The van der Waals surface area contributed by atoms with Gasteiger partial charge in [0.1, 0.15) is 5.60 Å². The molecule has 1 aliphatic heterocycles. The van der Waals surface area contributed by atoms with E-state index in [1.165, 1.54) is 0 Å². The van der Waals surface area contributed by atoms with E-state index in [0.29, 0.717) is 31.3 Å². The number of hydrogen-bond donors (Lipinski definition) is 1. The van der Waals surface area contributed by atoms with Gasteiger partial charge >= 0.3 is 6.03 Å². The van der Waals surface area contributed by atoms with E-state index < -0.39 is 5.60 Å². The van der Waals surface area contributed by atoms with Crippen molar-refractivity contribution in [1.29, 1.82) is 0 Å². The van der Waals surface area contributed by atoms with Crippen molar-refractivity contribution in [2.75, 3.05) is 19.7 Å². The lowest BCUT2D eigenvalue weighted by Gasteiger charge is -2.40. The van der Waals surface area contributed by atoms with Crippen molar-refractivity contribution in [1.82, 2.24) is 20.0 Å². The number of aryl methyl sites for hydroxylation is 1. The molecular weight excluding hydrogens is 328 g/mol. The van der Waals surface area contributed by atoms with Crippen LogP contribution in [0.15, 0.2) is 36.7 Å². The summed E-state index contributed by atoms with van der Waals surface area (Å²) in [5.41, 5.74) is 1.40. The molecule has 0 saturated carbocycles. The van der Waals surface area contributed by atoms with Crippen LogP contribution in [0.4, 0.5) is 4.79 Å². The molecular formula is C17H21ClN4O2. The summed E-state index contributed by atoms with van der Waals surface area (Å²) in [6, 6.07) is 7.37. The van der Waals surface area contributed by atoms with Crippen molar-refractivity contribution in [2.24, 2.45) is 7.05 Å². The fraction of sp³-hybridized carbons (Fsp3) is 0.412. The second-order valence-corrected chi connectivity index (χ2v) is 6.63. The summed E-state index contributed by atoms with van der Waals surface area (Å²) in [5, 5.41) is 7.80. The van der Waals surface area contributed by atoms with Gasteiger partial charge < -0.3 is 15.0 Å². The number of aromatic nitrogens is 2. The summed E-state index contributed by atoms with van der Waals surface area (Å²) in [5.74, 6) is 0. The minimum Gasteiger partial charge on any atom is -0.367 e. The van der Waals surface area contributed by atoms with Crippen molar-refractivity contribution in [3.05, 3.63) is 52.8 Å². The van der Waals surface area contributed by atoms with Crippen LogP contribution in [0, 0.1) is 0 Å². The molecule has 1 aliphatic rings. The molecule has 0 radical (unpaired) electrons. The Kier molecular flexibility index (Phi) is 4.78. The number of nitrogens with zero attached hydrogens (tertiary/aromatic N) is 3. The number of amides is 2. The normalized spacial score (nSPS) is 20.9. The van der Waals surface area contributed by atoms with Crippen LogP contribution in [0.25, 0.3) is 0 Å². The van der Waals surface area contributed by atoms with Crippen molar-refractivity contribution >= 4 is 17.6 Å². The lowest BCUT2D eigenvalue weighted by molar-refractivity contribution is -0.0907. The average Bonchev–Trinajstić information content (AvgIpc) is 3.00. The highest BCUT2D eigenvalue weighted by Gasteiger charge is 2.36. The van der Waals surface area contributed by atoms with Crippen LogP contribution in [-0.2, 0) is 23.9 Å². The monoisotopic (exact) mass is 348 g/mol. The first-order valence-corrected chi connectivity index (χ1v) is 8.24. The lowest BCUT2D eigenvalue weighted by atomic mass is 9.97. The summed E-state index contributed by atoms with van der Waals surface area (Å²) in [7, 11) is 1.87. The molecule has 1 aromatic heterocycles. The fourth-order valence-electron chi connectivity index (χ4n) is 2.85. The molecule has 0 unspecified atom stereocenters. The van der Waals surface area contributed by atoms with Gasteiger partial charge in [-0.25, -0.2) is 4.79 Å². The molecule has 1 N–H and O–H groups in total. The third-order valence-electron chi connectivity index (χ3n) is 4.21. The van der Waals surface area contributed by atoms with E-state index in [1.807, 2.05) is 44.4 Å². The van der Waals surface area contributed by atoms with Crippen LogP contribution in [0.3, 0.4) is 0 Å². The van der Waals surface area contributed by atoms with Gasteiger partial charge in [0.15, 0.2) is 0 Å². The molecule has 2 heterocycles. The summed E-state index contributed by atoms with van der Waals surface area (Å²) in [6.07, 6.45) is 3.71. The second-order valence-electron chi connectivity index (χ2n) is 6.19. The van der Waals surface area contributed by atoms with E-state index in [2.05, 4.69) is 10.4 Å². The Labute approximate surface area is 146 Å². The Morgan fingerprint density at radius 1 is 1.50 bits per heavy atom. The molecule has 1 fully saturated rings. The topological polar surface area (TPSA) is 59.4 Å². The molecule has 2 aromatic rings. The Morgan fingerprint density at radius 3 is 3.04 bits per heavy atom. The Balaban J connectivity index is 1.62. The molecule has 0 bridgehead atoms. The van der Waals surface area contributed by atoms with Gasteiger partial charge in [-0.1, -0.05) is 23.7 Å². The van der Waals surface area contributed by atoms with E-state index in [4.69, 9.17) is 16.3 Å². The largest absolute Gasteiger partial charge is 0.367 e. The smallest absolute Gasteiger partial charge is 0.317 e. The van der Waals surface area contributed by atoms with Gasteiger partial charge in [-0.05, 0) is 24.6 Å². The van der Waals surface area contributed by atoms with Crippen LogP contribution < -0.4 is 5.32 Å². The van der Waals surface area contributed by atoms with Gasteiger partial charge in [0, 0.05) is 36.9 Å². The predicted octanol–water partition coefficient (Wildman–Crippen LogP) is 2.53. The summed E-state index contributed by atoms with van der Waals surface area (Å²) >= 11 is 5.97. The van der Waals surface area contributed by atoms with Crippen molar-refractivity contribution in [2.45, 2.75) is 19.1 Å². The number of morpholine rings is 1. The molecule has 6 nitrogen and oxygen atoms in total. The predicted molar refractivity (Wildman–Crippen MR) is 91.8 cm³/mol. The molecule has 1 atom stereocenters. The first kappa shape index (κ1) is 16.8. The van der Waals surface area contributed by atoms with Gasteiger partial charge in [-0.2, -0.15) is 5.10 Å². The maximum atomic E-state index is 12.5. The summed E-state index contributed by atoms with van der Waals surface area (Å²) < 4.78 is 7.67. The zero-order chi connectivity index (χ0) is 17.2. The maximum Gasteiger partial charge on any atom is 0.317 e. The Bertz CT molecular complexity index is 733. The van der Waals surface area contributed by atoms with E-state index in [9.17, 15) is 4.79 Å². The quantitative estimate of drug-likeness (QED) is 0.927. The van der Waals surface area contributed by atoms with Crippen LogP contribution in [0.5, 0.6) is 0 Å². The molecule has 7 heteroatoms. The molecule has 1 saturated heterocycles. The van der Waals surface area contributed by atoms with Crippen molar-refractivity contribution < 1.29 is 9.53 Å². The number of urea groups is 1. The van der Waals surface area contributed by atoms with Gasteiger partial charge in [0.05, 0.1) is 19.3 Å². The Hall–Kier alpha value is -2.05. The third kappa shape index (κ3) is 3.71. The number of benzene rings is 1. The third-order valence-corrected chi connectivity index (χ3v) is 4.45. The Morgan fingerprint density at radius 2 is 2.33 bits per heavy atom. The molecule has 128 valence electrons. The van der Waals surface area contributed by atoms with Crippen LogP contribution in [-0.4, -0.2) is 40.4 Å². The zero-order valence-electron chi connectivity index (χ0n) is 13.8. The van der Waals surface area contributed by atoms with E-state index in [0.717, 1.165) is 11.1 Å². The lowest BCUT2D eigenvalue weighted by Crippen LogP contribution is -2.53. The highest BCUT2D eigenvalue weighted by atomic mass is 35.5. The zero-order valence-corrected chi connectivity index (χ0v) is 14.6. The number of carbonyl (C=O) groups is 1. The number of hydrogen-bond acceptors (Lipinski definition) is 3. The average molecular weight is 349 g/mol. The van der Waals surface area contributed by atoms with Gasteiger partial charge in [0.2, 0.25) is 0 Å². The number of ether oxygens (including phenoxy) is 1.